The molecule has 19 heavy (non-hydrogen) atoms. The Labute approximate surface area is 109 Å². The van der Waals surface area contributed by atoms with Gasteiger partial charge in [-0.3, -0.25) is 5.10 Å². The Bertz CT molecular complexity index is 619. The molecule has 2 heterocycles. The van der Waals surface area contributed by atoms with Crippen molar-refractivity contribution in [2.75, 3.05) is 7.05 Å². The highest BCUT2D eigenvalue weighted by Crippen LogP contribution is 2.15. The van der Waals surface area contributed by atoms with Crippen LogP contribution in [0.5, 0.6) is 0 Å². The van der Waals surface area contributed by atoms with Crippen LogP contribution in [0.1, 0.15) is 24.4 Å². The van der Waals surface area contributed by atoms with Crippen LogP contribution in [0.2, 0.25) is 0 Å². The van der Waals surface area contributed by atoms with Gasteiger partial charge < -0.3 is 5.32 Å². The van der Waals surface area contributed by atoms with Crippen molar-refractivity contribution in [2.24, 2.45) is 0 Å². The lowest BCUT2D eigenvalue weighted by Crippen LogP contribution is -2.29. The normalized spacial score (nSPS) is 13.6. The second-order valence-electron chi connectivity index (χ2n) is 3.87. The Kier molecular flexibility index (Phi) is 3.87. The van der Waals surface area contributed by atoms with Gasteiger partial charge in [0, 0.05) is 12.1 Å². The number of nitrogens with zero attached hydrogens (tertiary/aromatic N) is 4. The molecule has 1 unspecified atom stereocenters. The molecule has 0 bridgehead atoms. The summed E-state index contributed by atoms with van der Waals surface area (Å²) in [5.41, 5.74) is 0.551. The molecule has 0 spiro atoms. The smallest absolute Gasteiger partial charge is 0.258 e. The Hall–Kier alpha value is -1.85. The second kappa shape index (κ2) is 5.42. The Morgan fingerprint density at radius 2 is 2.26 bits per heavy atom. The molecule has 0 aliphatic rings. The summed E-state index contributed by atoms with van der Waals surface area (Å²) in [6.45, 7) is 2.01. The molecule has 0 saturated carbocycles. The summed E-state index contributed by atoms with van der Waals surface area (Å²) in [4.78, 5) is 0. The summed E-state index contributed by atoms with van der Waals surface area (Å²) in [6, 6.07) is -0.602. The maximum Gasteiger partial charge on any atom is 0.258 e. The predicted molar refractivity (Wildman–Crippen MR) is 64.3 cm³/mol. The van der Waals surface area contributed by atoms with Crippen molar-refractivity contribution in [1.82, 2.24) is 40.9 Å². The van der Waals surface area contributed by atoms with Crippen LogP contribution in [0, 0.1) is 0 Å². The van der Waals surface area contributed by atoms with Crippen LogP contribution in [-0.4, -0.2) is 46.3 Å². The SMILES string of the molecule is CNCc1cn[nH]c1S(=O)(=O)NC(C)c1nn[nH]n1. The molecule has 2 aromatic heterocycles. The molecule has 2 rings (SSSR count). The van der Waals surface area contributed by atoms with E-state index in [2.05, 4.69) is 40.9 Å². The molecule has 0 aliphatic heterocycles. The lowest BCUT2D eigenvalue weighted by molar-refractivity contribution is 0.554. The highest BCUT2D eigenvalue weighted by atomic mass is 32.2. The number of sulfonamides is 1. The van der Waals surface area contributed by atoms with Crippen molar-refractivity contribution in [2.45, 2.75) is 24.5 Å². The fraction of sp³-hybridized carbons (Fsp3) is 0.500. The first-order chi connectivity index (χ1) is 9.04. The van der Waals surface area contributed by atoms with Crippen LogP contribution in [0.4, 0.5) is 0 Å². The maximum absolute atomic E-state index is 12.2. The van der Waals surface area contributed by atoms with Gasteiger partial charge in [-0.25, -0.2) is 8.42 Å². The van der Waals surface area contributed by atoms with Crippen molar-refractivity contribution >= 4 is 10.0 Å². The molecule has 1 atom stereocenters. The van der Waals surface area contributed by atoms with Gasteiger partial charge in [0.1, 0.15) is 0 Å². The van der Waals surface area contributed by atoms with Crippen molar-refractivity contribution in [1.29, 1.82) is 0 Å². The molecule has 0 fully saturated rings. The van der Waals surface area contributed by atoms with Crippen molar-refractivity contribution in [3.8, 4) is 0 Å². The van der Waals surface area contributed by atoms with E-state index < -0.39 is 16.1 Å². The van der Waals surface area contributed by atoms with Gasteiger partial charge in [0.25, 0.3) is 10.0 Å². The molecule has 0 amide bonds. The van der Waals surface area contributed by atoms with Gasteiger partial charge in [-0.2, -0.15) is 15.0 Å². The Balaban J connectivity index is 2.20. The molecule has 10 nitrogen and oxygen atoms in total. The Morgan fingerprint density at radius 1 is 1.47 bits per heavy atom. The second-order valence-corrected chi connectivity index (χ2v) is 5.52. The van der Waals surface area contributed by atoms with E-state index in [9.17, 15) is 8.42 Å². The zero-order valence-corrected chi connectivity index (χ0v) is 11.2. The summed E-state index contributed by atoms with van der Waals surface area (Å²) < 4.78 is 26.8. The number of aromatic amines is 2. The summed E-state index contributed by atoms with van der Waals surface area (Å²) in [6.07, 6.45) is 1.46. The summed E-state index contributed by atoms with van der Waals surface area (Å²) in [7, 11) is -2.00. The number of aromatic nitrogens is 6. The standard InChI is InChI=1S/C8H14N8O2S/c1-5(7-11-15-16-12-7)14-19(17,18)8-6(3-9-2)4-10-13-8/h4-5,9,14H,3H2,1-2H3,(H,10,13)(H,11,12,15,16). The lowest BCUT2D eigenvalue weighted by Gasteiger charge is -2.10. The molecule has 0 aromatic carbocycles. The van der Waals surface area contributed by atoms with Crippen molar-refractivity contribution in [3.63, 3.8) is 0 Å². The monoisotopic (exact) mass is 286 g/mol. The number of hydrogen-bond donors (Lipinski definition) is 4. The predicted octanol–water partition coefficient (Wildman–Crippen LogP) is -1.32. The molecule has 0 saturated heterocycles. The van der Waals surface area contributed by atoms with Gasteiger partial charge in [-0.05, 0) is 14.0 Å². The third-order valence-electron chi connectivity index (χ3n) is 2.40. The number of rotatable bonds is 6. The zero-order chi connectivity index (χ0) is 13.9. The van der Waals surface area contributed by atoms with E-state index in [1.807, 2.05) is 0 Å². The first-order valence-electron chi connectivity index (χ1n) is 5.47. The average molecular weight is 286 g/mol. The van der Waals surface area contributed by atoms with E-state index in [1.165, 1.54) is 6.20 Å². The van der Waals surface area contributed by atoms with Crippen molar-refractivity contribution < 1.29 is 8.42 Å². The fourth-order valence-corrected chi connectivity index (χ4v) is 2.88. The topological polar surface area (TPSA) is 141 Å². The molecule has 0 aliphatic carbocycles. The third kappa shape index (κ3) is 2.94. The molecule has 11 heteroatoms. The van der Waals surface area contributed by atoms with Crippen LogP contribution < -0.4 is 10.0 Å². The summed E-state index contributed by atoms with van der Waals surface area (Å²) in [5.74, 6) is 0.262. The van der Waals surface area contributed by atoms with Gasteiger partial charge >= 0.3 is 0 Å². The van der Waals surface area contributed by atoms with Crippen LogP contribution >= 0.6 is 0 Å². The number of H-pyrrole nitrogens is 2. The quantitative estimate of drug-likeness (QED) is 0.516. The highest BCUT2D eigenvalue weighted by Gasteiger charge is 2.24. The molecular weight excluding hydrogens is 272 g/mol. The number of nitrogens with one attached hydrogen (secondary N) is 4. The van der Waals surface area contributed by atoms with Gasteiger partial charge in [0.15, 0.2) is 10.9 Å². The zero-order valence-electron chi connectivity index (χ0n) is 10.4. The summed E-state index contributed by atoms with van der Waals surface area (Å²) >= 11 is 0. The van der Waals surface area contributed by atoms with Crippen LogP contribution in [0.15, 0.2) is 11.2 Å². The minimum Gasteiger partial charge on any atom is -0.316 e. The average Bonchev–Trinajstić information content (AvgIpc) is 2.99. The van der Waals surface area contributed by atoms with Gasteiger partial charge in [0.2, 0.25) is 0 Å². The largest absolute Gasteiger partial charge is 0.316 e. The van der Waals surface area contributed by atoms with Gasteiger partial charge in [0.05, 0.1) is 12.2 Å². The molecular formula is C8H14N8O2S. The van der Waals surface area contributed by atoms with Gasteiger partial charge in [-0.15, -0.1) is 10.2 Å². The maximum atomic E-state index is 12.2. The van der Waals surface area contributed by atoms with Crippen molar-refractivity contribution in [3.05, 3.63) is 17.6 Å². The molecule has 0 radical (unpaired) electrons. The van der Waals surface area contributed by atoms with E-state index >= 15 is 0 Å². The minimum absolute atomic E-state index is 0.0252. The van der Waals surface area contributed by atoms with E-state index in [0.717, 1.165) is 0 Å². The van der Waals surface area contributed by atoms with E-state index in [4.69, 9.17) is 0 Å². The van der Waals surface area contributed by atoms with Crippen LogP contribution in [-0.2, 0) is 16.6 Å². The molecule has 104 valence electrons. The Morgan fingerprint density at radius 3 is 2.89 bits per heavy atom. The van der Waals surface area contributed by atoms with Crippen LogP contribution in [0.3, 0.4) is 0 Å². The van der Waals surface area contributed by atoms with Crippen LogP contribution in [0.25, 0.3) is 0 Å². The summed E-state index contributed by atoms with van der Waals surface area (Å²) in [5, 5.41) is 22.2. The molecule has 4 N–H and O–H groups in total. The highest BCUT2D eigenvalue weighted by molar-refractivity contribution is 7.89. The van der Waals surface area contributed by atoms with E-state index in [1.54, 1.807) is 14.0 Å². The minimum atomic E-state index is -3.72. The van der Waals surface area contributed by atoms with E-state index in [0.29, 0.717) is 12.1 Å². The van der Waals surface area contributed by atoms with Gasteiger partial charge in [-0.1, -0.05) is 5.21 Å². The fourth-order valence-electron chi connectivity index (χ4n) is 1.55. The van der Waals surface area contributed by atoms with E-state index in [-0.39, 0.29) is 10.9 Å². The molecule has 2 aromatic rings. The number of tetrazole rings is 1. The first kappa shape index (κ1) is 13.6. The number of hydrogen-bond acceptors (Lipinski definition) is 7. The first-order valence-corrected chi connectivity index (χ1v) is 6.95. The third-order valence-corrected chi connectivity index (χ3v) is 3.95. The lowest BCUT2D eigenvalue weighted by atomic mass is 10.4.